The number of rotatable bonds is 2. The summed E-state index contributed by atoms with van der Waals surface area (Å²) in [6, 6.07) is 3.38. The summed E-state index contributed by atoms with van der Waals surface area (Å²) in [5.74, 6) is -0.923. The van der Waals surface area contributed by atoms with Gasteiger partial charge in [0.2, 0.25) is 0 Å². The van der Waals surface area contributed by atoms with Gasteiger partial charge in [-0.15, -0.1) is 0 Å². The van der Waals surface area contributed by atoms with Crippen LogP contribution in [-0.2, 0) is 11.2 Å². The quantitative estimate of drug-likeness (QED) is 0.879. The molecule has 1 aromatic rings. The molecule has 0 radical (unpaired) electrons. The Morgan fingerprint density at radius 1 is 1.22 bits per heavy atom. The molecule has 2 heterocycles. The summed E-state index contributed by atoms with van der Waals surface area (Å²) < 4.78 is 32.4. The maximum absolute atomic E-state index is 13.6. The summed E-state index contributed by atoms with van der Waals surface area (Å²) in [5, 5.41) is 10.6. The Kier molecular flexibility index (Phi) is 2.87. The Bertz CT molecular complexity index is 449. The molecule has 2 bridgehead atoms. The zero-order valence-electron chi connectivity index (χ0n) is 10.0. The molecule has 2 atom stereocenters. The molecular formula is C14H16F2O2. The molecule has 2 aliphatic heterocycles. The van der Waals surface area contributed by atoms with E-state index in [1.54, 1.807) is 0 Å². The Morgan fingerprint density at radius 3 is 2.56 bits per heavy atom. The third kappa shape index (κ3) is 2.27. The second kappa shape index (κ2) is 4.28. The summed E-state index contributed by atoms with van der Waals surface area (Å²) in [5.41, 5.74) is -0.711. The maximum atomic E-state index is 13.6. The average Bonchev–Trinajstić information content (AvgIpc) is 2.64. The topological polar surface area (TPSA) is 29.5 Å². The summed E-state index contributed by atoms with van der Waals surface area (Å²) in [6.45, 7) is 0. The van der Waals surface area contributed by atoms with Gasteiger partial charge in [0.25, 0.3) is 0 Å². The van der Waals surface area contributed by atoms with Crippen LogP contribution >= 0.6 is 0 Å². The summed E-state index contributed by atoms with van der Waals surface area (Å²) in [4.78, 5) is 0. The largest absolute Gasteiger partial charge is 0.389 e. The van der Waals surface area contributed by atoms with E-state index in [-0.39, 0.29) is 24.2 Å². The van der Waals surface area contributed by atoms with Crippen LogP contribution in [0.15, 0.2) is 18.2 Å². The van der Waals surface area contributed by atoms with Gasteiger partial charge in [0, 0.05) is 19.3 Å². The Balaban J connectivity index is 1.81. The molecule has 2 fully saturated rings. The lowest BCUT2D eigenvalue weighted by molar-refractivity contribution is -0.110. The van der Waals surface area contributed by atoms with Crippen LogP contribution < -0.4 is 0 Å². The molecule has 2 unspecified atom stereocenters. The molecule has 2 aliphatic rings. The zero-order chi connectivity index (χ0) is 12.8. The third-order valence-electron chi connectivity index (χ3n) is 3.94. The van der Waals surface area contributed by atoms with Gasteiger partial charge in [-0.3, -0.25) is 0 Å². The van der Waals surface area contributed by atoms with E-state index >= 15 is 0 Å². The minimum absolute atomic E-state index is 0.0744. The van der Waals surface area contributed by atoms with Crippen LogP contribution in [0.2, 0.25) is 0 Å². The average molecular weight is 254 g/mol. The van der Waals surface area contributed by atoms with Crippen molar-refractivity contribution in [1.82, 2.24) is 0 Å². The van der Waals surface area contributed by atoms with E-state index < -0.39 is 17.2 Å². The molecule has 0 aromatic heterocycles. The van der Waals surface area contributed by atoms with Gasteiger partial charge >= 0.3 is 0 Å². The van der Waals surface area contributed by atoms with Crippen molar-refractivity contribution in [2.24, 2.45) is 0 Å². The molecule has 1 N–H and O–H groups in total. The van der Waals surface area contributed by atoms with Crippen molar-refractivity contribution in [3.8, 4) is 0 Å². The van der Waals surface area contributed by atoms with Crippen molar-refractivity contribution in [2.45, 2.75) is 49.9 Å². The second-order valence-corrected chi connectivity index (χ2v) is 5.50. The molecule has 2 saturated heterocycles. The van der Waals surface area contributed by atoms with Crippen molar-refractivity contribution < 1.29 is 18.6 Å². The van der Waals surface area contributed by atoms with E-state index in [4.69, 9.17) is 4.74 Å². The molecule has 3 rings (SSSR count). The summed E-state index contributed by atoms with van der Waals surface area (Å²) in [6.07, 6.45) is 3.25. The van der Waals surface area contributed by atoms with Crippen LogP contribution in [0.3, 0.4) is 0 Å². The number of hydrogen-bond acceptors (Lipinski definition) is 2. The fourth-order valence-electron chi connectivity index (χ4n) is 3.19. The van der Waals surface area contributed by atoms with E-state index in [1.165, 1.54) is 6.07 Å². The van der Waals surface area contributed by atoms with Gasteiger partial charge in [-0.05, 0) is 36.6 Å². The lowest BCUT2D eigenvalue weighted by Gasteiger charge is -2.36. The van der Waals surface area contributed by atoms with Gasteiger partial charge in [-0.1, -0.05) is 0 Å². The summed E-state index contributed by atoms with van der Waals surface area (Å²) in [7, 11) is 0. The SMILES string of the molecule is OC1(Cc2cc(F)ccc2F)CC2CCC(C1)O2. The van der Waals surface area contributed by atoms with Crippen molar-refractivity contribution in [2.75, 3.05) is 0 Å². The van der Waals surface area contributed by atoms with Gasteiger partial charge in [0.1, 0.15) is 11.6 Å². The second-order valence-electron chi connectivity index (χ2n) is 5.50. The number of aliphatic hydroxyl groups is 1. The van der Waals surface area contributed by atoms with Crippen LogP contribution in [0.4, 0.5) is 8.78 Å². The highest BCUT2D eigenvalue weighted by Crippen LogP contribution is 2.40. The van der Waals surface area contributed by atoms with Gasteiger partial charge in [-0.25, -0.2) is 8.78 Å². The fraction of sp³-hybridized carbons (Fsp3) is 0.571. The first-order valence-electron chi connectivity index (χ1n) is 6.36. The Labute approximate surface area is 105 Å². The minimum atomic E-state index is -0.960. The minimum Gasteiger partial charge on any atom is -0.389 e. The van der Waals surface area contributed by atoms with E-state index in [1.807, 2.05) is 0 Å². The molecule has 18 heavy (non-hydrogen) atoms. The lowest BCUT2D eigenvalue weighted by Crippen LogP contribution is -2.42. The van der Waals surface area contributed by atoms with Gasteiger partial charge in [0.15, 0.2) is 0 Å². The van der Waals surface area contributed by atoms with E-state index in [0.29, 0.717) is 12.8 Å². The fourth-order valence-corrected chi connectivity index (χ4v) is 3.19. The van der Waals surface area contributed by atoms with E-state index in [0.717, 1.165) is 25.0 Å². The van der Waals surface area contributed by atoms with Crippen molar-refractivity contribution in [1.29, 1.82) is 0 Å². The first-order chi connectivity index (χ1) is 8.54. The predicted molar refractivity (Wildman–Crippen MR) is 62.1 cm³/mol. The molecule has 0 aliphatic carbocycles. The highest BCUT2D eigenvalue weighted by Gasteiger charge is 2.43. The number of ether oxygens (including phenoxy) is 1. The Morgan fingerprint density at radius 2 is 1.89 bits per heavy atom. The number of benzene rings is 1. The van der Waals surface area contributed by atoms with E-state index in [9.17, 15) is 13.9 Å². The van der Waals surface area contributed by atoms with Crippen LogP contribution in [0, 0.1) is 11.6 Å². The molecule has 1 aromatic carbocycles. The normalized spacial score (nSPS) is 34.8. The van der Waals surface area contributed by atoms with Crippen molar-refractivity contribution in [3.63, 3.8) is 0 Å². The molecule has 0 amide bonds. The molecule has 0 saturated carbocycles. The third-order valence-corrected chi connectivity index (χ3v) is 3.94. The van der Waals surface area contributed by atoms with Crippen molar-refractivity contribution >= 4 is 0 Å². The zero-order valence-corrected chi connectivity index (χ0v) is 10.0. The predicted octanol–water partition coefficient (Wildman–Crippen LogP) is 2.58. The first-order valence-corrected chi connectivity index (χ1v) is 6.36. The van der Waals surface area contributed by atoms with Crippen LogP contribution in [-0.4, -0.2) is 22.9 Å². The lowest BCUT2D eigenvalue weighted by atomic mass is 9.84. The van der Waals surface area contributed by atoms with Gasteiger partial charge in [-0.2, -0.15) is 0 Å². The summed E-state index contributed by atoms with van der Waals surface area (Å²) >= 11 is 0. The monoisotopic (exact) mass is 254 g/mol. The maximum Gasteiger partial charge on any atom is 0.126 e. The van der Waals surface area contributed by atoms with Crippen LogP contribution in [0.25, 0.3) is 0 Å². The molecular weight excluding hydrogens is 238 g/mol. The van der Waals surface area contributed by atoms with Crippen molar-refractivity contribution in [3.05, 3.63) is 35.4 Å². The number of fused-ring (bicyclic) bond motifs is 2. The number of hydrogen-bond donors (Lipinski definition) is 1. The molecule has 4 heteroatoms. The van der Waals surface area contributed by atoms with Crippen LogP contribution in [0.1, 0.15) is 31.2 Å². The highest BCUT2D eigenvalue weighted by atomic mass is 19.1. The first kappa shape index (κ1) is 12.1. The standard InChI is InChI=1S/C14H16F2O2/c15-10-1-4-13(16)9(5-10)6-14(17)7-11-2-3-12(8-14)18-11/h1,4-5,11-12,17H,2-3,6-8H2. The molecule has 2 nitrogen and oxygen atoms in total. The van der Waals surface area contributed by atoms with Gasteiger partial charge < -0.3 is 9.84 Å². The van der Waals surface area contributed by atoms with E-state index in [2.05, 4.69) is 0 Å². The highest BCUT2D eigenvalue weighted by molar-refractivity contribution is 5.21. The molecule has 0 spiro atoms. The number of halogens is 2. The smallest absolute Gasteiger partial charge is 0.126 e. The molecule has 98 valence electrons. The Hall–Kier alpha value is -1.00. The van der Waals surface area contributed by atoms with Gasteiger partial charge in [0.05, 0.1) is 17.8 Å². The van der Waals surface area contributed by atoms with Crippen LogP contribution in [0.5, 0.6) is 0 Å².